The third-order valence-corrected chi connectivity index (χ3v) is 6.02. The molecule has 2 heterocycles. The van der Waals surface area contributed by atoms with E-state index in [2.05, 4.69) is 4.90 Å². The monoisotopic (exact) mass is 450 g/mol. The second-order valence-electron chi connectivity index (χ2n) is 8.08. The van der Waals surface area contributed by atoms with E-state index in [9.17, 15) is 4.79 Å². The molecule has 0 N–H and O–H groups in total. The van der Waals surface area contributed by atoms with Crippen molar-refractivity contribution < 1.29 is 23.4 Å². The van der Waals surface area contributed by atoms with Crippen LogP contribution in [0.4, 0.5) is 5.69 Å². The van der Waals surface area contributed by atoms with Gasteiger partial charge in [0.15, 0.2) is 5.76 Å². The Hall–Kier alpha value is -3.45. The molecule has 1 saturated heterocycles. The lowest BCUT2D eigenvalue weighted by Crippen LogP contribution is -2.47. The van der Waals surface area contributed by atoms with Crippen LogP contribution in [0.1, 0.15) is 29.0 Å². The Morgan fingerprint density at radius 3 is 2.24 bits per heavy atom. The molecule has 4 rings (SSSR count). The maximum atomic E-state index is 13.4. The van der Waals surface area contributed by atoms with Gasteiger partial charge in [0.25, 0.3) is 5.91 Å². The minimum absolute atomic E-state index is 0.0609. The maximum absolute atomic E-state index is 13.4. The molecule has 1 amide bonds. The van der Waals surface area contributed by atoms with E-state index in [0.29, 0.717) is 11.5 Å². The highest BCUT2D eigenvalue weighted by atomic mass is 16.5. The fraction of sp³-hybridized carbons (Fsp3) is 0.346. The zero-order valence-electron chi connectivity index (χ0n) is 19.3. The molecule has 1 aromatic heterocycles. The van der Waals surface area contributed by atoms with Crippen LogP contribution in [0.15, 0.2) is 65.3 Å². The number of nitrogens with zero attached hydrogens (tertiary/aromatic N) is 2. The number of piperidine rings is 1. The molecule has 174 valence electrons. The number of ether oxygens (including phenoxy) is 3. The third-order valence-electron chi connectivity index (χ3n) is 6.02. The molecule has 0 spiro atoms. The van der Waals surface area contributed by atoms with Gasteiger partial charge in [-0.2, -0.15) is 0 Å². The van der Waals surface area contributed by atoms with Gasteiger partial charge in [0.2, 0.25) is 0 Å². The number of benzene rings is 2. The van der Waals surface area contributed by atoms with Gasteiger partial charge >= 0.3 is 0 Å². The van der Waals surface area contributed by atoms with Crippen molar-refractivity contribution in [3.8, 4) is 17.2 Å². The van der Waals surface area contributed by atoms with Gasteiger partial charge < -0.3 is 23.5 Å². The SMILES string of the molecule is COc1cc(CN2CCC(N(C(=O)c3ccco3)c3cccc(OC)c3)CC2)cc(OC)c1. The number of carbonyl (C=O) groups is 1. The summed E-state index contributed by atoms with van der Waals surface area (Å²) in [5.74, 6) is 2.49. The van der Waals surface area contributed by atoms with E-state index < -0.39 is 0 Å². The van der Waals surface area contributed by atoms with Crippen molar-refractivity contribution in [1.82, 2.24) is 4.90 Å². The first-order valence-corrected chi connectivity index (χ1v) is 11.1. The molecule has 1 fully saturated rings. The van der Waals surface area contributed by atoms with E-state index in [1.54, 1.807) is 33.5 Å². The lowest BCUT2D eigenvalue weighted by atomic mass is 10.0. The number of amides is 1. The van der Waals surface area contributed by atoms with E-state index >= 15 is 0 Å². The van der Waals surface area contributed by atoms with E-state index in [1.165, 1.54) is 6.26 Å². The molecular weight excluding hydrogens is 420 g/mol. The summed E-state index contributed by atoms with van der Waals surface area (Å²) >= 11 is 0. The van der Waals surface area contributed by atoms with Gasteiger partial charge in [-0.05, 0) is 54.8 Å². The maximum Gasteiger partial charge on any atom is 0.294 e. The van der Waals surface area contributed by atoms with E-state index in [1.807, 2.05) is 47.4 Å². The van der Waals surface area contributed by atoms with Crippen molar-refractivity contribution in [3.05, 3.63) is 72.2 Å². The minimum Gasteiger partial charge on any atom is -0.497 e. The van der Waals surface area contributed by atoms with Gasteiger partial charge in [-0.25, -0.2) is 0 Å². The molecule has 3 aromatic rings. The van der Waals surface area contributed by atoms with Crippen LogP contribution in [0.3, 0.4) is 0 Å². The fourth-order valence-corrected chi connectivity index (χ4v) is 4.32. The van der Waals surface area contributed by atoms with E-state index in [-0.39, 0.29) is 11.9 Å². The number of likely N-dealkylation sites (tertiary alicyclic amines) is 1. The second kappa shape index (κ2) is 10.4. The van der Waals surface area contributed by atoms with Crippen LogP contribution in [0.5, 0.6) is 17.2 Å². The zero-order valence-corrected chi connectivity index (χ0v) is 19.3. The number of carbonyl (C=O) groups excluding carboxylic acids is 1. The summed E-state index contributed by atoms with van der Waals surface area (Å²) in [6, 6.07) is 17.1. The standard InChI is InChI=1S/C26H30N2O5/c1-30-22-7-4-6-21(16-22)28(26(29)25-8-5-13-33-25)20-9-11-27(12-10-20)18-19-14-23(31-2)17-24(15-19)32-3/h4-8,13-17,20H,9-12,18H2,1-3H3. The summed E-state index contributed by atoms with van der Waals surface area (Å²) in [5, 5.41) is 0. The van der Waals surface area contributed by atoms with Gasteiger partial charge in [0, 0.05) is 43.5 Å². The van der Waals surface area contributed by atoms with Crippen molar-refractivity contribution in [2.45, 2.75) is 25.4 Å². The summed E-state index contributed by atoms with van der Waals surface area (Å²) in [7, 11) is 4.95. The van der Waals surface area contributed by atoms with Crippen molar-refractivity contribution in [2.75, 3.05) is 39.3 Å². The predicted molar refractivity (Wildman–Crippen MR) is 126 cm³/mol. The normalized spacial score (nSPS) is 14.6. The van der Waals surface area contributed by atoms with E-state index in [0.717, 1.165) is 55.2 Å². The molecule has 0 saturated carbocycles. The highest BCUT2D eigenvalue weighted by Gasteiger charge is 2.31. The minimum atomic E-state index is -0.135. The molecular formula is C26H30N2O5. The zero-order chi connectivity index (χ0) is 23.2. The van der Waals surface area contributed by atoms with Crippen molar-refractivity contribution in [2.24, 2.45) is 0 Å². The average molecular weight is 451 g/mol. The third kappa shape index (κ3) is 5.31. The average Bonchev–Trinajstić information content (AvgIpc) is 3.40. The van der Waals surface area contributed by atoms with Crippen LogP contribution < -0.4 is 19.1 Å². The molecule has 7 heteroatoms. The van der Waals surface area contributed by atoms with Crippen LogP contribution in [-0.4, -0.2) is 51.3 Å². The Labute approximate surface area is 194 Å². The van der Waals surface area contributed by atoms with Crippen LogP contribution in [0.25, 0.3) is 0 Å². The first-order chi connectivity index (χ1) is 16.1. The first-order valence-electron chi connectivity index (χ1n) is 11.1. The van der Waals surface area contributed by atoms with Crippen molar-refractivity contribution in [3.63, 3.8) is 0 Å². The summed E-state index contributed by atoms with van der Waals surface area (Å²) in [6.07, 6.45) is 3.23. The van der Waals surface area contributed by atoms with Crippen LogP contribution in [0, 0.1) is 0 Å². The van der Waals surface area contributed by atoms with Crippen LogP contribution in [0.2, 0.25) is 0 Å². The smallest absolute Gasteiger partial charge is 0.294 e. The molecule has 33 heavy (non-hydrogen) atoms. The molecule has 0 unspecified atom stereocenters. The molecule has 7 nitrogen and oxygen atoms in total. The lowest BCUT2D eigenvalue weighted by Gasteiger charge is -2.38. The van der Waals surface area contributed by atoms with Crippen molar-refractivity contribution >= 4 is 11.6 Å². The van der Waals surface area contributed by atoms with Gasteiger partial charge in [-0.1, -0.05) is 6.07 Å². The van der Waals surface area contributed by atoms with E-state index in [4.69, 9.17) is 18.6 Å². The Morgan fingerprint density at radius 2 is 1.64 bits per heavy atom. The Morgan fingerprint density at radius 1 is 0.939 bits per heavy atom. The van der Waals surface area contributed by atoms with Crippen molar-refractivity contribution in [1.29, 1.82) is 0 Å². The Balaban J connectivity index is 1.50. The van der Waals surface area contributed by atoms with Gasteiger partial charge in [0.1, 0.15) is 17.2 Å². The predicted octanol–water partition coefficient (Wildman–Crippen LogP) is 4.62. The van der Waals surface area contributed by atoms with Gasteiger partial charge in [-0.3, -0.25) is 9.69 Å². The number of hydrogen-bond donors (Lipinski definition) is 0. The highest BCUT2D eigenvalue weighted by Crippen LogP contribution is 2.30. The highest BCUT2D eigenvalue weighted by molar-refractivity contribution is 6.04. The second-order valence-corrected chi connectivity index (χ2v) is 8.08. The van der Waals surface area contributed by atoms with Gasteiger partial charge in [-0.15, -0.1) is 0 Å². The number of furan rings is 1. The summed E-state index contributed by atoms with van der Waals surface area (Å²) in [4.78, 5) is 17.6. The number of methoxy groups -OCH3 is 3. The Kier molecular flexibility index (Phi) is 7.19. The van der Waals surface area contributed by atoms with Gasteiger partial charge in [0.05, 0.1) is 27.6 Å². The number of anilines is 1. The molecule has 0 atom stereocenters. The molecule has 1 aliphatic heterocycles. The molecule has 2 aromatic carbocycles. The summed E-state index contributed by atoms with van der Waals surface area (Å²) in [6.45, 7) is 2.54. The Bertz CT molecular complexity index is 1040. The van der Waals surface area contributed by atoms with Crippen LogP contribution in [-0.2, 0) is 6.54 Å². The lowest BCUT2D eigenvalue weighted by molar-refractivity contribution is 0.0931. The largest absolute Gasteiger partial charge is 0.497 e. The summed E-state index contributed by atoms with van der Waals surface area (Å²) in [5.41, 5.74) is 1.95. The quantitative estimate of drug-likeness (QED) is 0.499. The summed E-state index contributed by atoms with van der Waals surface area (Å²) < 4.78 is 21.6. The number of hydrogen-bond acceptors (Lipinski definition) is 6. The molecule has 1 aliphatic rings. The molecule has 0 aliphatic carbocycles. The fourth-order valence-electron chi connectivity index (χ4n) is 4.32. The topological polar surface area (TPSA) is 64.4 Å². The molecule has 0 radical (unpaired) electrons. The first kappa shape index (κ1) is 22.7. The molecule has 0 bridgehead atoms. The van der Waals surface area contributed by atoms with Crippen LogP contribution >= 0.6 is 0 Å². The number of rotatable bonds is 8.